The maximum Gasteiger partial charge on any atom is 0.255 e. The van der Waals surface area contributed by atoms with Crippen LogP contribution in [-0.2, 0) is 6.54 Å². The van der Waals surface area contributed by atoms with E-state index in [4.69, 9.17) is 0 Å². The molecule has 5 nitrogen and oxygen atoms in total. The fraction of sp³-hybridized carbons (Fsp3) is 0.200. The van der Waals surface area contributed by atoms with Gasteiger partial charge in [0.1, 0.15) is 0 Å². The summed E-state index contributed by atoms with van der Waals surface area (Å²) in [5, 5.41) is 5.93. The van der Waals surface area contributed by atoms with E-state index in [9.17, 15) is 9.59 Å². The molecule has 1 aliphatic rings. The van der Waals surface area contributed by atoms with Crippen molar-refractivity contribution in [3.05, 3.63) is 94.0 Å². The molecule has 0 aromatic heterocycles. The Kier molecular flexibility index (Phi) is 6.67. The number of hydrogen-bond donors (Lipinski definition) is 2. The zero-order valence-corrected chi connectivity index (χ0v) is 18.7. The minimum absolute atomic E-state index is 0.148. The maximum atomic E-state index is 13.1. The van der Waals surface area contributed by atoms with Gasteiger partial charge in [0.05, 0.1) is 5.56 Å². The van der Waals surface area contributed by atoms with Gasteiger partial charge in [0, 0.05) is 41.0 Å². The number of benzene rings is 3. The van der Waals surface area contributed by atoms with Crippen molar-refractivity contribution >= 4 is 39.1 Å². The van der Waals surface area contributed by atoms with Crippen molar-refractivity contribution < 1.29 is 9.59 Å². The van der Waals surface area contributed by atoms with E-state index in [-0.39, 0.29) is 11.8 Å². The number of carbonyl (C=O) groups excluding carboxylic acids is 2. The van der Waals surface area contributed by atoms with E-state index in [1.165, 1.54) is 0 Å². The number of amides is 2. The van der Waals surface area contributed by atoms with Crippen LogP contribution in [-0.4, -0.2) is 24.9 Å². The van der Waals surface area contributed by atoms with Gasteiger partial charge in [-0.3, -0.25) is 9.59 Å². The highest BCUT2D eigenvalue weighted by Gasteiger charge is 2.20. The molecule has 3 aromatic carbocycles. The van der Waals surface area contributed by atoms with Gasteiger partial charge in [0.2, 0.25) is 0 Å². The van der Waals surface area contributed by atoms with Gasteiger partial charge in [0.25, 0.3) is 11.8 Å². The Morgan fingerprint density at radius 1 is 0.871 bits per heavy atom. The monoisotopic (exact) mass is 477 g/mol. The summed E-state index contributed by atoms with van der Waals surface area (Å²) in [6.07, 6.45) is 2.24. The van der Waals surface area contributed by atoms with E-state index in [0.29, 0.717) is 23.4 Å². The van der Waals surface area contributed by atoms with Crippen LogP contribution in [0.4, 0.5) is 11.4 Å². The third-order valence-electron chi connectivity index (χ3n) is 5.35. The fourth-order valence-corrected chi connectivity index (χ4v) is 3.97. The Balaban J connectivity index is 1.55. The number of nitrogens with zero attached hydrogens (tertiary/aromatic N) is 1. The van der Waals surface area contributed by atoms with E-state index in [2.05, 4.69) is 31.5 Å². The van der Waals surface area contributed by atoms with E-state index < -0.39 is 0 Å². The molecule has 2 amide bonds. The second-order valence-corrected chi connectivity index (χ2v) is 8.47. The van der Waals surface area contributed by atoms with Crippen LogP contribution >= 0.6 is 15.9 Å². The van der Waals surface area contributed by atoms with Crippen molar-refractivity contribution in [1.29, 1.82) is 0 Å². The number of anilines is 2. The molecule has 1 aliphatic heterocycles. The first-order valence-electron chi connectivity index (χ1n) is 10.4. The van der Waals surface area contributed by atoms with Gasteiger partial charge >= 0.3 is 0 Å². The van der Waals surface area contributed by atoms with E-state index in [1.807, 2.05) is 54.6 Å². The van der Waals surface area contributed by atoms with Gasteiger partial charge in [-0.25, -0.2) is 0 Å². The van der Waals surface area contributed by atoms with Gasteiger partial charge in [-0.05, 0) is 60.9 Å². The van der Waals surface area contributed by atoms with Crippen LogP contribution in [0.1, 0.15) is 39.1 Å². The normalized spacial score (nSPS) is 13.1. The molecule has 0 spiro atoms. The summed E-state index contributed by atoms with van der Waals surface area (Å²) in [5.41, 5.74) is 3.68. The molecule has 6 heteroatoms. The Hall–Kier alpha value is -3.12. The molecule has 31 heavy (non-hydrogen) atoms. The van der Waals surface area contributed by atoms with Crippen molar-refractivity contribution in [2.45, 2.75) is 19.4 Å². The Labute approximate surface area is 190 Å². The quantitative estimate of drug-likeness (QED) is 0.510. The predicted molar refractivity (Wildman–Crippen MR) is 128 cm³/mol. The SMILES string of the molecule is O=C(Nc1ccc(N2CCCC2)c(C(=O)NCc2ccccc2)c1)c1ccc(Br)cc1. The molecule has 2 N–H and O–H groups in total. The number of carbonyl (C=O) groups is 2. The molecule has 0 saturated carbocycles. The standard InChI is InChI=1S/C25H24BrN3O2/c26-20-10-8-19(9-11-20)24(30)28-21-12-13-23(29-14-4-5-15-29)22(16-21)25(31)27-17-18-6-2-1-3-7-18/h1-3,6-13,16H,4-5,14-15,17H2,(H,27,31)(H,28,30). The van der Waals surface area contributed by atoms with Gasteiger partial charge in [-0.1, -0.05) is 46.3 Å². The number of nitrogens with one attached hydrogen (secondary N) is 2. The summed E-state index contributed by atoms with van der Waals surface area (Å²) in [5.74, 6) is -0.359. The second-order valence-electron chi connectivity index (χ2n) is 7.56. The van der Waals surface area contributed by atoms with Crippen LogP contribution in [0.25, 0.3) is 0 Å². The molecule has 1 saturated heterocycles. The molecule has 1 fully saturated rings. The van der Waals surface area contributed by atoms with Crippen molar-refractivity contribution in [3.63, 3.8) is 0 Å². The average molecular weight is 478 g/mol. The van der Waals surface area contributed by atoms with Gasteiger partial charge < -0.3 is 15.5 Å². The molecule has 158 valence electrons. The van der Waals surface area contributed by atoms with Crippen molar-refractivity contribution in [2.75, 3.05) is 23.3 Å². The molecule has 0 radical (unpaired) electrons. The lowest BCUT2D eigenvalue weighted by atomic mass is 10.1. The van der Waals surface area contributed by atoms with Crippen LogP contribution in [0.3, 0.4) is 0 Å². The molecule has 1 heterocycles. The smallest absolute Gasteiger partial charge is 0.255 e. The van der Waals surface area contributed by atoms with Crippen LogP contribution in [0, 0.1) is 0 Å². The van der Waals surface area contributed by atoms with Crippen molar-refractivity contribution in [2.24, 2.45) is 0 Å². The third kappa shape index (κ3) is 5.33. The molecule has 0 unspecified atom stereocenters. The molecule has 0 bridgehead atoms. The zero-order valence-electron chi connectivity index (χ0n) is 17.1. The number of rotatable bonds is 6. The molecule has 0 atom stereocenters. The van der Waals surface area contributed by atoms with E-state index in [0.717, 1.165) is 41.7 Å². The Morgan fingerprint density at radius 2 is 1.58 bits per heavy atom. The first kappa shape index (κ1) is 21.1. The molecular formula is C25H24BrN3O2. The summed E-state index contributed by atoms with van der Waals surface area (Å²) in [4.78, 5) is 27.9. The third-order valence-corrected chi connectivity index (χ3v) is 5.88. The van der Waals surface area contributed by atoms with E-state index >= 15 is 0 Å². The van der Waals surface area contributed by atoms with Gasteiger partial charge in [-0.2, -0.15) is 0 Å². The first-order chi connectivity index (χ1) is 15.1. The second kappa shape index (κ2) is 9.79. The summed E-state index contributed by atoms with van der Waals surface area (Å²) in [7, 11) is 0. The topological polar surface area (TPSA) is 61.4 Å². The molecule has 4 rings (SSSR count). The van der Waals surface area contributed by atoms with Gasteiger partial charge in [0.15, 0.2) is 0 Å². The first-order valence-corrected chi connectivity index (χ1v) is 11.2. The molecular weight excluding hydrogens is 454 g/mol. The summed E-state index contributed by atoms with van der Waals surface area (Å²) in [6.45, 7) is 2.32. The maximum absolute atomic E-state index is 13.1. The Bertz CT molecular complexity index is 1060. The predicted octanol–water partition coefficient (Wildman–Crippen LogP) is 5.23. The van der Waals surface area contributed by atoms with Crippen LogP contribution < -0.4 is 15.5 Å². The average Bonchev–Trinajstić information content (AvgIpc) is 3.33. The van der Waals surface area contributed by atoms with Crippen LogP contribution in [0.5, 0.6) is 0 Å². The zero-order chi connectivity index (χ0) is 21.6. The van der Waals surface area contributed by atoms with Crippen molar-refractivity contribution in [1.82, 2.24) is 5.32 Å². The Morgan fingerprint density at radius 3 is 2.29 bits per heavy atom. The highest BCUT2D eigenvalue weighted by Crippen LogP contribution is 2.28. The highest BCUT2D eigenvalue weighted by atomic mass is 79.9. The lowest BCUT2D eigenvalue weighted by Gasteiger charge is -2.22. The highest BCUT2D eigenvalue weighted by molar-refractivity contribution is 9.10. The molecule has 0 aliphatic carbocycles. The summed E-state index contributed by atoms with van der Waals surface area (Å²) >= 11 is 3.38. The fourth-order valence-electron chi connectivity index (χ4n) is 3.71. The molecule has 3 aromatic rings. The summed E-state index contributed by atoms with van der Waals surface area (Å²) in [6, 6.07) is 22.5. The lowest BCUT2D eigenvalue weighted by molar-refractivity contribution is 0.0950. The van der Waals surface area contributed by atoms with Crippen LogP contribution in [0.15, 0.2) is 77.3 Å². The minimum Gasteiger partial charge on any atom is -0.371 e. The summed E-state index contributed by atoms with van der Waals surface area (Å²) < 4.78 is 0.913. The largest absolute Gasteiger partial charge is 0.371 e. The van der Waals surface area contributed by atoms with Crippen molar-refractivity contribution in [3.8, 4) is 0 Å². The van der Waals surface area contributed by atoms with Gasteiger partial charge in [-0.15, -0.1) is 0 Å². The number of halogens is 1. The van der Waals surface area contributed by atoms with E-state index in [1.54, 1.807) is 18.2 Å². The minimum atomic E-state index is -0.211. The number of hydrogen-bond acceptors (Lipinski definition) is 3. The van der Waals surface area contributed by atoms with Crippen LogP contribution in [0.2, 0.25) is 0 Å². The lowest BCUT2D eigenvalue weighted by Crippen LogP contribution is -2.27.